The van der Waals surface area contributed by atoms with Crippen molar-refractivity contribution < 1.29 is 32.0 Å². The summed E-state index contributed by atoms with van der Waals surface area (Å²) < 4.78 is 48.8. The molecule has 1 aromatic heterocycles. The topological polar surface area (TPSA) is 108 Å². The van der Waals surface area contributed by atoms with Crippen LogP contribution in [0.5, 0.6) is 0 Å². The summed E-state index contributed by atoms with van der Waals surface area (Å²) in [6.45, 7) is 1.42. The number of nitro benzene ring substituents is 1. The molecule has 0 aliphatic rings. The highest BCUT2D eigenvalue weighted by molar-refractivity contribution is 5.89. The van der Waals surface area contributed by atoms with Gasteiger partial charge in [0, 0.05) is 17.7 Å². The molecule has 1 atom stereocenters. The van der Waals surface area contributed by atoms with E-state index in [2.05, 4.69) is 10.2 Å². The standard InChI is InChI=1S/C18H12F3N3O5/c1-10(28-17(25)12-3-2-4-13(9-12)18(19,20)21)15-22-23-16(29-15)11-5-7-14(8-6-11)24(26)27/h2-10H,1H3/t10-/m1/s1. The lowest BCUT2D eigenvalue weighted by Crippen LogP contribution is -2.12. The average Bonchev–Trinajstić information content (AvgIpc) is 3.18. The summed E-state index contributed by atoms with van der Waals surface area (Å²) in [6, 6.07) is 9.17. The number of aromatic nitrogens is 2. The first-order valence-electron chi connectivity index (χ1n) is 8.11. The number of rotatable bonds is 5. The first kappa shape index (κ1) is 20.0. The normalized spacial score (nSPS) is 12.4. The second-order valence-corrected chi connectivity index (χ2v) is 5.88. The van der Waals surface area contributed by atoms with Crippen molar-refractivity contribution in [3.63, 3.8) is 0 Å². The van der Waals surface area contributed by atoms with Gasteiger partial charge in [0.05, 0.1) is 16.1 Å². The van der Waals surface area contributed by atoms with Crippen molar-refractivity contribution in [1.29, 1.82) is 0 Å². The minimum atomic E-state index is -4.59. The van der Waals surface area contributed by atoms with Crippen LogP contribution in [0.15, 0.2) is 52.9 Å². The van der Waals surface area contributed by atoms with E-state index in [-0.39, 0.29) is 23.0 Å². The summed E-state index contributed by atoms with van der Waals surface area (Å²) in [5.74, 6) is -1.03. The molecule has 0 bridgehead atoms. The fraction of sp³-hybridized carbons (Fsp3) is 0.167. The van der Waals surface area contributed by atoms with E-state index in [1.165, 1.54) is 37.3 Å². The molecule has 0 fully saturated rings. The number of esters is 1. The summed E-state index contributed by atoms with van der Waals surface area (Å²) in [5.41, 5.74) is -0.956. The van der Waals surface area contributed by atoms with Crippen LogP contribution in [-0.2, 0) is 10.9 Å². The zero-order chi connectivity index (χ0) is 21.2. The molecule has 150 valence electrons. The van der Waals surface area contributed by atoms with Gasteiger partial charge in [-0.25, -0.2) is 4.79 Å². The molecular weight excluding hydrogens is 395 g/mol. The molecule has 0 N–H and O–H groups in total. The fourth-order valence-corrected chi connectivity index (χ4v) is 2.34. The van der Waals surface area contributed by atoms with Crippen LogP contribution in [0, 0.1) is 10.1 Å². The Morgan fingerprint density at radius 2 is 1.86 bits per heavy atom. The zero-order valence-electron chi connectivity index (χ0n) is 14.7. The summed E-state index contributed by atoms with van der Waals surface area (Å²) in [5, 5.41) is 18.2. The van der Waals surface area contributed by atoms with Crippen LogP contribution in [0.25, 0.3) is 11.5 Å². The lowest BCUT2D eigenvalue weighted by Gasteiger charge is -2.11. The molecule has 0 radical (unpaired) electrons. The molecule has 0 aliphatic carbocycles. The number of non-ortho nitro benzene ring substituents is 1. The smallest absolute Gasteiger partial charge is 0.416 e. The van der Waals surface area contributed by atoms with Crippen molar-refractivity contribution in [2.24, 2.45) is 0 Å². The fourth-order valence-electron chi connectivity index (χ4n) is 2.34. The second kappa shape index (κ2) is 7.70. The largest absolute Gasteiger partial charge is 0.449 e. The predicted molar refractivity (Wildman–Crippen MR) is 91.7 cm³/mol. The summed E-state index contributed by atoms with van der Waals surface area (Å²) in [7, 11) is 0. The van der Waals surface area contributed by atoms with E-state index in [0.29, 0.717) is 11.6 Å². The number of halogens is 3. The minimum Gasteiger partial charge on any atom is -0.449 e. The number of alkyl halides is 3. The Hall–Kier alpha value is -3.76. The quantitative estimate of drug-likeness (QED) is 0.346. The van der Waals surface area contributed by atoms with E-state index in [0.717, 1.165) is 12.1 Å². The first-order chi connectivity index (χ1) is 13.6. The Balaban J connectivity index is 1.72. The van der Waals surface area contributed by atoms with E-state index in [9.17, 15) is 28.1 Å². The van der Waals surface area contributed by atoms with E-state index < -0.39 is 28.7 Å². The molecule has 3 rings (SSSR count). The molecule has 0 unspecified atom stereocenters. The maximum absolute atomic E-state index is 12.8. The van der Waals surface area contributed by atoms with Gasteiger partial charge in [0.15, 0.2) is 6.10 Å². The third kappa shape index (κ3) is 4.57. The maximum Gasteiger partial charge on any atom is 0.416 e. The van der Waals surface area contributed by atoms with Gasteiger partial charge in [-0.3, -0.25) is 10.1 Å². The van der Waals surface area contributed by atoms with Gasteiger partial charge in [-0.15, -0.1) is 10.2 Å². The van der Waals surface area contributed by atoms with Crippen molar-refractivity contribution in [3.8, 4) is 11.5 Å². The van der Waals surface area contributed by atoms with Crippen molar-refractivity contribution in [2.75, 3.05) is 0 Å². The number of nitro groups is 1. The van der Waals surface area contributed by atoms with Crippen molar-refractivity contribution in [2.45, 2.75) is 19.2 Å². The van der Waals surface area contributed by atoms with Crippen molar-refractivity contribution >= 4 is 11.7 Å². The summed E-state index contributed by atoms with van der Waals surface area (Å²) in [4.78, 5) is 22.3. The van der Waals surface area contributed by atoms with Gasteiger partial charge in [0.1, 0.15) is 0 Å². The SMILES string of the molecule is C[C@@H](OC(=O)c1cccc(C(F)(F)F)c1)c1nnc(-c2ccc([N+](=O)[O-])cc2)o1. The minimum absolute atomic E-state index is 0.0388. The molecule has 1 heterocycles. The number of hydrogen-bond acceptors (Lipinski definition) is 7. The Kier molecular flexibility index (Phi) is 5.31. The van der Waals surface area contributed by atoms with Gasteiger partial charge in [-0.1, -0.05) is 6.07 Å². The monoisotopic (exact) mass is 407 g/mol. The predicted octanol–water partition coefficient (Wildman–Crippen LogP) is 4.58. The number of hydrogen-bond donors (Lipinski definition) is 0. The molecule has 0 saturated heterocycles. The van der Waals surface area contributed by atoms with Crippen LogP contribution in [0.1, 0.15) is 34.8 Å². The Labute approximate surface area is 161 Å². The van der Waals surface area contributed by atoms with E-state index in [4.69, 9.17) is 9.15 Å². The molecule has 29 heavy (non-hydrogen) atoms. The lowest BCUT2D eigenvalue weighted by molar-refractivity contribution is -0.384. The lowest BCUT2D eigenvalue weighted by atomic mass is 10.1. The van der Waals surface area contributed by atoms with Crippen molar-refractivity contribution in [3.05, 3.63) is 75.7 Å². The highest BCUT2D eigenvalue weighted by atomic mass is 19.4. The number of benzene rings is 2. The number of carbonyl (C=O) groups is 1. The van der Waals surface area contributed by atoms with Crippen LogP contribution >= 0.6 is 0 Å². The molecule has 3 aromatic rings. The average molecular weight is 407 g/mol. The Morgan fingerprint density at radius 3 is 2.48 bits per heavy atom. The van der Waals surface area contributed by atoms with Crippen LogP contribution in [0.4, 0.5) is 18.9 Å². The molecule has 0 amide bonds. The summed E-state index contributed by atoms with van der Waals surface area (Å²) in [6.07, 6.45) is -5.62. The Morgan fingerprint density at radius 1 is 1.17 bits per heavy atom. The molecular formula is C18H12F3N3O5. The molecule has 8 nitrogen and oxygen atoms in total. The number of ether oxygens (including phenoxy) is 1. The van der Waals surface area contributed by atoms with Gasteiger partial charge < -0.3 is 9.15 Å². The second-order valence-electron chi connectivity index (χ2n) is 5.88. The Bertz CT molecular complexity index is 1050. The number of carbonyl (C=O) groups excluding carboxylic acids is 1. The van der Waals surface area contributed by atoms with Crippen LogP contribution in [-0.4, -0.2) is 21.1 Å². The molecule has 2 aromatic carbocycles. The highest BCUT2D eigenvalue weighted by Gasteiger charge is 2.31. The first-order valence-corrected chi connectivity index (χ1v) is 8.11. The molecule has 0 spiro atoms. The summed E-state index contributed by atoms with van der Waals surface area (Å²) >= 11 is 0. The molecule has 11 heteroatoms. The van der Waals surface area contributed by atoms with Crippen LogP contribution < -0.4 is 0 Å². The van der Waals surface area contributed by atoms with Gasteiger partial charge in [-0.2, -0.15) is 13.2 Å². The van der Waals surface area contributed by atoms with Crippen LogP contribution in [0.2, 0.25) is 0 Å². The van der Waals surface area contributed by atoms with E-state index in [1.807, 2.05) is 0 Å². The molecule has 0 saturated carbocycles. The van der Waals surface area contributed by atoms with E-state index >= 15 is 0 Å². The van der Waals surface area contributed by atoms with Gasteiger partial charge in [0.25, 0.3) is 11.6 Å². The number of nitrogens with zero attached hydrogens (tertiary/aromatic N) is 3. The van der Waals surface area contributed by atoms with Gasteiger partial charge in [0.2, 0.25) is 5.89 Å². The molecule has 0 aliphatic heterocycles. The third-order valence-corrected chi connectivity index (χ3v) is 3.82. The van der Waals surface area contributed by atoms with E-state index in [1.54, 1.807) is 0 Å². The van der Waals surface area contributed by atoms with Crippen molar-refractivity contribution in [1.82, 2.24) is 10.2 Å². The zero-order valence-corrected chi connectivity index (χ0v) is 14.7. The van der Waals surface area contributed by atoms with Crippen LogP contribution in [0.3, 0.4) is 0 Å². The van der Waals surface area contributed by atoms with Gasteiger partial charge >= 0.3 is 12.1 Å². The highest BCUT2D eigenvalue weighted by Crippen LogP contribution is 2.30. The third-order valence-electron chi connectivity index (χ3n) is 3.82. The van der Waals surface area contributed by atoms with Gasteiger partial charge in [-0.05, 0) is 37.3 Å². The maximum atomic E-state index is 12.8.